The number of rotatable bonds is 5. The van der Waals surface area contributed by atoms with Crippen LogP contribution in [0.1, 0.15) is 43.0 Å². The van der Waals surface area contributed by atoms with Gasteiger partial charge in [0.15, 0.2) is 0 Å². The molecule has 0 bridgehead atoms. The lowest BCUT2D eigenvalue weighted by atomic mass is 9.96. The third-order valence-electron chi connectivity index (χ3n) is 5.70. The molecule has 0 aliphatic carbocycles. The van der Waals surface area contributed by atoms with E-state index >= 15 is 0 Å². The van der Waals surface area contributed by atoms with E-state index in [1.807, 2.05) is 16.9 Å². The predicted octanol–water partition coefficient (Wildman–Crippen LogP) is 8.97. The van der Waals surface area contributed by atoms with Crippen molar-refractivity contribution in [2.24, 2.45) is 5.92 Å². The van der Waals surface area contributed by atoms with Crippen molar-refractivity contribution in [2.75, 3.05) is 0 Å². The average molecular weight is 491 g/mol. The summed E-state index contributed by atoms with van der Waals surface area (Å²) in [5.74, 6) is 0.445. The zero-order valence-electron chi connectivity index (χ0n) is 18.4. The summed E-state index contributed by atoms with van der Waals surface area (Å²) < 4.78 is 41.0. The molecule has 1 aromatic heterocycles. The van der Waals surface area contributed by atoms with Crippen molar-refractivity contribution in [3.63, 3.8) is 0 Å². The molecular formula is C26H23Cl2F3N2. The molecule has 172 valence electrons. The summed E-state index contributed by atoms with van der Waals surface area (Å²) in [6.07, 6.45) is -1.66. The van der Waals surface area contributed by atoms with Crippen LogP contribution in [0.4, 0.5) is 13.2 Å². The lowest BCUT2D eigenvalue weighted by Gasteiger charge is -2.20. The Bertz CT molecular complexity index is 1290. The highest BCUT2D eigenvalue weighted by atomic mass is 35.5. The van der Waals surface area contributed by atoms with E-state index in [2.05, 4.69) is 45.0 Å². The van der Waals surface area contributed by atoms with Gasteiger partial charge in [0, 0.05) is 27.7 Å². The van der Waals surface area contributed by atoms with Crippen LogP contribution in [0.3, 0.4) is 0 Å². The summed E-state index contributed by atoms with van der Waals surface area (Å²) in [5.41, 5.74) is 3.28. The van der Waals surface area contributed by atoms with Crippen molar-refractivity contribution in [2.45, 2.75) is 39.4 Å². The number of halogens is 5. The molecule has 1 atom stereocenters. The van der Waals surface area contributed by atoms with Crippen LogP contribution in [0.15, 0.2) is 60.8 Å². The average Bonchev–Trinajstić information content (AvgIpc) is 3.18. The lowest BCUT2D eigenvalue weighted by molar-refractivity contribution is -0.137. The Balaban J connectivity index is 1.79. The van der Waals surface area contributed by atoms with E-state index in [-0.39, 0.29) is 11.1 Å². The highest BCUT2D eigenvalue weighted by molar-refractivity contribution is 6.39. The molecule has 7 heteroatoms. The fraction of sp³-hybridized carbons (Fsp3) is 0.269. The number of hydrogen-bond donors (Lipinski definition) is 0. The minimum absolute atomic E-state index is 0.00388. The molecule has 4 rings (SSSR count). The molecule has 0 radical (unpaired) electrons. The van der Waals surface area contributed by atoms with E-state index in [1.54, 1.807) is 6.07 Å². The Hall–Kier alpha value is -2.50. The first-order valence-electron chi connectivity index (χ1n) is 10.7. The summed E-state index contributed by atoms with van der Waals surface area (Å²) in [6, 6.07) is 15.3. The molecule has 33 heavy (non-hydrogen) atoms. The van der Waals surface area contributed by atoms with Crippen LogP contribution in [0, 0.1) is 12.8 Å². The molecule has 0 N–H and O–H groups in total. The van der Waals surface area contributed by atoms with Crippen LogP contribution in [0.25, 0.3) is 22.0 Å². The van der Waals surface area contributed by atoms with E-state index in [1.165, 1.54) is 11.6 Å². The number of fused-ring (bicyclic) bond motifs is 1. The van der Waals surface area contributed by atoms with E-state index < -0.39 is 11.7 Å². The highest BCUT2D eigenvalue weighted by Gasteiger charge is 2.31. The summed E-state index contributed by atoms with van der Waals surface area (Å²) >= 11 is 13.0. The molecule has 0 fully saturated rings. The lowest BCUT2D eigenvalue weighted by Crippen LogP contribution is -2.13. The second-order valence-corrected chi connectivity index (χ2v) is 9.50. The predicted molar refractivity (Wildman–Crippen MR) is 129 cm³/mol. The quantitative estimate of drug-likeness (QED) is 0.272. The van der Waals surface area contributed by atoms with Gasteiger partial charge >= 0.3 is 6.18 Å². The standard InChI is InChI=1S/C26H23Cl2F3N2/c1-15(2)12-24(17-6-4-16(3)5-7-17)33-14-21-23(32-33)11-10-20(25(21)28)19-9-8-18(13-22(19)27)26(29,30)31/h4-11,13-15,24H,12H2,1-3H3. The van der Waals surface area contributed by atoms with Gasteiger partial charge in [-0.2, -0.15) is 18.3 Å². The number of hydrogen-bond acceptors (Lipinski definition) is 1. The largest absolute Gasteiger partial charge is 0.416 e. The van der Waals surface area contributed by atoms with Crippen LogP contribution in [0.2, 0.25) is 10.0 Å². The molecule has 1 unspecified atom stereocenters. The van der Waals surface area contributed by atoms with E-state index in [9.17, 15) is 13.2 Å². The first kappa shape index (κ1) is 23.7. The van der Waals surface area contributed by atoms with E-state index in [0.29, 0.717) is 27.6 Å². The van der Waals surface area contributed by atoms with Crippen molar-refractivity contribution in [3.05, 3.63) is 87.5 Å². The molecule has 0 aliphatic heterocycles. The van der Waals surface area contributed by atoms with Gasteiger partial charge in [-0.25, -0.2) is 0 Å². The second kappa shape index (κ2) is 9.03. The number of benzene rings is 3. The Morgan fingerprint density at radius 3 is 2.21 bits per heavy atom. The SMILES string of the molecule is Cc1ccc(C(CC(C)C)n2cc3c(Cl)c(-c4ccc(C(F)(F)F)cc4Cl)ccc3n2)cc1. The fourth-order valence-corrected chi connectivity index (χ4v) is 4.58. The summed E-state index contributed by atoms with van der Waals surface area (Å²) in [7, 11) is 0. The van der Waals surface area contributed by atoms with Gasteiger partial charge in [-0.1, -0.05) is 79.0 Å². The molecule has 2 nitrogen and oxygen atoms in total. The molecule has 3 aromatic carbocycles. The maximum Gasteiger partial charge on any atom is 0.416 e. The van der Waals surface area contributed by atoms with Gasteiger partial charge in [-0.15, -0.1) is 0 Å². The monoisotopic (exact) mass is 490 g/mol. The van der Waals surface area contributed by atoms with Crippen molar-refractivity contribution in [1.29, 1.82) is 0 Å². The number of aryl methyl sites for hydroxylation is 1. The summed E-state index contributed by atoms with van der Waals surface area (Å²) in [6.45, 7) is 6.39. The third-order valence-corrected chi connectivity index (χ3v) is 6.42. The zero-order chi connectivity index (χ0) is 23.9. The molecular weight excluding hydrogens is 468 g/mol. The van der Waals surface area contributed by atoms with Crippen LogP contribution in [-0.4, -0.2) is 9.78 Å². The Morgan fingerprint density at radius 1 is 0.939 bits per heavy atom. The van der Waals surface area contributed by atoms with Gasteiger partial charge in [0.2, 0.25) is 0 Å². The summed E-state index contributed by atoms with van der Waals surface area (Å²) in [4.78, 5) is 0. The zero-order valence-corrected chi connectivity index (χ0v) is 19.9. The normalized spacial score (nSPS) is 13.1. The molecule has 0 spiro atoms. The first-order chi connectivity index (χ1) is 15.5. The van der Waals surface area contributed by atoms with Gasteiger partial charge in [-0.05, 0) is 43.0 Å². The minimum atomic E-state index is -4.46. The minimum Gasteiger partial charge on any atom is -0.264 e. The Labute approximate surface area is 200 Å². The van der Waals surface area contributed by atoms with E-state index in [4.69, 9.17) is 28.3 Å². The van der Waals surface area contributed by atoms with Crippen molar-refractivity contribution >= 4 is 34.1 Å². The van der Waals surface area contributed by atoms with Gasteiger partial charge in [0.1, 0.15) is 0 Å². The molecule has 1 heterocycles. The maximum atomic E-state index is 13.0. The highest BCUT2D eigenvalue weighted by Crippen LogP contribution is 2.40. The number of nitrogens with zero attached hydrogens (tertiary/aromatic N) is 2. The van der Waals surface area contributed by atoms with Crippen molar-refractivity contribution in [3.8, 4) is 11.1 Å². The fourth-order valence-electron chi connectivity index (χ4n) is 3.99. The van der Waals surface area contributed by atoms with E-state index in [0.717, 1.165) is 29.5 Å². The topological polar surface area (TPSA) is 17.8 Å². The molecule has 0 amide bonds. The Morgan fingerprint density at radius 2 is 1.61 bits per heavy atom. The van der Waals surface area contributed by atoms with Crippen LogP contribution >= 0.6 is 23.2 Å². The Kier molecular flexibility index (Phi) is 6.47. The van der Waals surface area contributed by atoms with Gasteiger partial charge in [-0.3, -0.25) is 4.68 Å². The first-order valence-corrected chi connectivity index (χ1v) is 11.4. The van der Waals surface area contributed by atoms with Crippen LogP contribution in [0.5, 0.6) is 0 Å². The van der Waals surface area contributed by atoms with Crippen LogP contribution in [-0.2, 0) is 6.18 Å². The van der Waals surface area contributed by atoms with Crippen molar-refractivity contribution < 1.29 is 13.2 Å². The van der Waals surface area contributed by atoms with Crippen LogP contribution < -0.4 is 0 Å². The summed E-state index contributed by atoms with van der Waals surface area (Å²) in [5, 5.41) is 5.91. The van der Waals surface area contributed by atoms with Gasteiger partial charge in [0.05, 0.1) is 22.1 Å². The molecule has 0 saturated heterocycles. The second-order valence-electron chi connectivity index (χ2n) is 8.72. The molecule has 0 saturated carbocycles. The smallest absolute Gasteiger partial charge is 0.264 e. The van der Waals surface area contributed by atoms with Gasteiger partial charge in [0.25, 0.3) is 0 Å². The molecule has 4 aromatic rings. The number of aromatic nitrogens is 2. The molecule has 0 aliphatic rings. The van der Waals surface area contributed by atoms with Gasteiger partial charge < -0.3 is 0 Å². The maximum absolute atomic E-state index is 13.0. The third kappa shape index (κ3) is 4.90. The van der Waals surface area contributed by atoms with Crippen molar-refractivity contribution in [1.82, 2.24) is 9.78 Å². The number of alkyl halides is 3.